The van der Waals surface area contributed by atoms with Gasteiger partial charge in [0.2, 0.25) is 0 Å². The lowest BCUT2D eigenvalue weighted by Gasteiger charge is -2.03. The lowest BCUT2D eigenvalue weighted by atomic mass is 10.1. The standard InChI is InChI=1S/C9H12FNO2.ClH/c10-6-11-4-3-7-1-2-8(12)9(13)5-7;/h1-2,5,11-13H,3-4,6H2;1H. The molecule has 0 bridgehead atoms. The first kappa shape index (κ1) is 13.0. The van der Waals surface area contributed by atoms with Crippen molar-refractivity contribution in [2.75, 3.05) is 13.3 Å². The first-order chi connectivity index (χ1) is 6.24. The van der Waals surface area contributed by atoms with Crippen LogP contribution in [0.15, 0.2) is 18.2 Å². The third kappa shape index (κ3) is 3.81. The Labute approximate surface area is 88.0 Å². The van der Waals surface area contributed by atoms with E-state index >= 15 is 0 Å². The first-order valence-corrected chi connectivity index (χ1v) is 4.01. The van der Waals surface area contributed by atoms with Gasteiger partial charge in [0.15, 0.2) is 11.5 Å². The molecule has 0 atom stereocenters. The predicted molar refractivity (Wildman–Crippen MR) is 54.7 cm³/mol. The van der Waals surface area contributed by atoms with Crippen LogP contribution >= 0.6 is 12.4 Å². The molecule has 0 heterocycles. The summed E-state index contributed by atoms with van der Waals surface area (Å²) in [4.78, 5) is 0. The van der Waals surface area contributed by atoms with Crippen LogP contribution < -0.4 is 5.32 Å². The summed E-state index contributed by atoms with van der Waals surface area (Å²) in [6, 6.07) is 4.57. The highest BCUT2D eigenvalue weighted by Crippen LogP contribution is 2.24. The molecule has 0 aliphatic heterocycles. The van der Waals surface area contributed by atoms with Crippen LogP contribution in [0.3, 0.4) is 0 Å². The number of phenolic OH excluding ortho intramolecular Hbond substituents is 2. The number of alkyl halides is 1. The van der Waals surface area contributed by atoms with E-state index in [-0.39, 0.29) is 23.9 Å². The molecule has 0 amide bonds. The van der Waals surface area contributed by atoms with E-state index < -0.39 is 6.80 Å². The van der Waals surface area contributed by atoms with Crippen molar-refractivity contribution in [2.45, 2.75) is 6.42 Å². The molecule has 5 heteroatoms. The Balaban J connectivity index is 0.00000169. The van der Waals surface area contributed by atoms with Crippen molar-refractivity contribution in [2.24, 2.45) is 0 Å². The Bertz CT molecular complexity index is 284. The number of nitrogens with one attached hydrogen (secondary N) is 1. The summed E-state index contributed by atoms with van der Waals surface area (Å²) >= 11 is 0. The van der Waals surface area contributed by atoms with Gasteiger partial charge in [0.25, 0.3) is 0 Å². The molecule has 1 rings (SSSR count). The van der Waals surface area contributed by atoms with E-state index in [1.54, 1.807) is 6.07 Å². The van der Waals surface area contributed by atoms with Crippen LogP contribution in [0.2, 0.25) is 0 Å². The highest BCUT2D eigenvalue weighted by molar-refractivity contribution is 5.85. The molecule has 14 heavy (non-hydrogen) atoms. The second kappa shape index (κ2) is 6.45. The fourth-order valence-corrected chi connectivity index (χ4v) is 1.02. The number of rotatable bonds is 4. The molecule has 0 spiro atoms. The van der Waals surface area contributed by atoms with Gasteiger partial charge in [-0.3, -0.25) is 5.32 Å². The van der Waals surface area contributed by atoms with Gasteiger partial charge in [-0.15, -0.1) is 12.4 Å². The summed E-state index contributed by atoms with van der Waals surface area (Å²) in [5, 5.41) is 20.6. The van der Waals surface area contributed by atoms with Gasteiger partial charge < -0.3 is 10.2 Å². The summed E-state index contributed by atoms with van der Waals surface area (Å²) in [5.74, 6) is -0.278. The predicted octanol–water partition coefficient (Wildman–Crippen LogP) is 1.58. The number of halogens is 2. The number of benzene rings is 1. The van der Waals surface area contributed by atoms with Crippen molar-refractivity contribution in [1.82, 2.24) is 5.32 Å². The zero-order valence-electron chi connectivity index (χ0n) is 7.53. The Kier molecular flexibility index (Phi) is 5.99. The summed E-state index contributed by atoms with van der Waals surface area (Å²) < 4.78 is 11.6. The van der Waals surface area contributed by atoms with E-state index in [2.05, 4.69) is 5.32 Å². The molecule has 0 aliphatic rings. The average molecular weight is 222 g/mol. The van der Waals surface area contributed by atoms with E-state index in [1.165, 1.54) is 12.1 Å². The lowest BCUT2D eigenvalue weighted by molar-refractivity contribution is 0.402. The number of hydrogen-bond donors (Lipinski definition) is 3. The van der Waals surface area contributed by atoms with E-state index in [4.69, 9.17) is 10.2 Å². The smallest absolute Gasteiger partial charge is 0.157 e. The molecule has 0 saturated heterocycles. The minimum atomic E-state index is -0.552. The van der Waals surface area contributed by atoms with Crippen LogP contribution in [0.4, 0.5) is 4.39 Å². The van der Waals surface area contributed by atoms with Crippen LogP contribution in [-0.2, 0) is 6.42 Å². The van der Waals surface area contributed by atoms with E-state index in [0.29, 0.717) is 13.0 Å². The Morgan fingerprint density at radius 1 is 1.21 bits per heavy atom. The molecule has 0 radical (unpaired) electrons. The quantitative estimate of drug-likeness (QED) is 0.411. The van der Waals surface area contributed by atoms with Crippen LogP contribution in [0.25, 0.3) is 0 Å². The van der Waals surface area contributed by atoms with E-state index in [0.717, 1.165) is 5.56 Å². The normalized spacial score (nSPS) is 9.50. The highest BCUT2D eigenvalue weighted by atomic mass is 35.5. The maximum atomic E-state index is 11.6. The molecule has 0 fully saturated rings. The molecule has 0 aromatic heterocycles. The SMILES string of the molecule is Cl.Oc1ccc(CCNCF)cc1O. The maximum absolute atomic E-state index is 11.6. The summed E-state index contributed by atoms with van der Waals surface area (Å²) in [5.41, 5.74) is 0.858. The van der Waals surface area contributed by atoms with Crippen molar-refractivity contribution in [3.05, 3.63) is 23.8 Å². The second-order valence-electron chi connectivity index (χ2n) is 2.71. The summed E-state index contributed by atoms with van der Waals surface area (Å²) in [6.07, 6.45) is 0.623. The van der Waals surface area contributed by atoms with Gasteiger partial charge in [0.05, 0.1) is 0 Å². The Morgan fingerprint density at radius 3 is 2.50 bits per heavy atom. The van der Waals surface area contributed by atoms with Gasteiger partial charge in [-0.2, -0.15) is 0 Å². The van der Waals surface area contributed by atoms with Crippen molar-refractivity contribution in [3.8, 4) is 11.5 Å². The highest BCUT2D eigenvalue weighted by Gasteiger charge is 1.99. The molecule has 3 nitrogen and oxygen atoms in total. The molecule has 0 unspecified atom stereocenters. The van der Waals surface area contributed by atoms with Crippen molar-refractivity contribution in [3.63, 3.8) is 0 Å². The Morgan fingerprint density at radius 2 is 1.93 bits per heavy atom. The van der Waals surface area contributed by atoms with E-state index in [1.807, 2.05) is 0 Å². The van der Waals surface area contributed by atoms with Crippen LogP contribution in [0.5, 0.6) is 11.5 Å². The third-order valence-corrected chi connectivity index (χ3v) is 1.72. The van der Waals surface area contributed by atoms with Gasteiger partial charge in [0, 0.05) is 6.54 Å². The molecule has 80 valence electrons. The topological polar surface area (TPSA) is 52.5 Å². The number of aromatic hydroxyl groups is 2. The van der Waals surface area contributed by atoms with Gasteiger partial charge in [-0.1, -0.05) is 6.07 Å². The molecule has 1 aromatic rings. The first-order valence-electron chi connectivity index (χ1n) is 4.01. The van der Waals surface area contributed by atoms with Crippen molar-refractivity contribution in [1.29, 1.82) is 0 Å². The summed E-state index contributed by atoms with van der Waals surface area (Å²) in [6.45, 7) is -0.0369. The fraction of sp³-hybridized carbons (Fsp3) is 0.333. The molecule has 3 N–H and O–H groups in total. The van der Waals surface area contributed by atoms with Crippen molar-refractivity contribution >= 4 is 12.4 Å². The number of phenols is 2. The number of hydrogen-bond acceptors (Lipinski definition) is 3. The second-order valence-corrected chi connectivity index (χ2v) is 2.71. The monoisotopic (exact) mass is 221 g/mol. The average Bonchev–Trinajstić information content (AvgIpc) is 2.12. The lowest BCUT2D eigenvalue weighted by Crippen LogP contribution is -2.15. The molecule has 1 aromatic carbocycles. The zero-order valence-corrected chi connectivity index (χ0v) is 8.35. The van der Waals surface area contributed by atoms with Gasteiger partial charge in [-0.25, -0.2) is 4.39 Å². The van der Waals surface area contributed by atoms with E-state index in [9.17, 15) is 4.39 Å². The minimum absolute atomic E-state index is 0. The molecular weight excluding hydrogens is 209 g/mol. The van der Waals surface area contributed by atoms with Crippen LogP contribution in [0, 0.1) is 0 Å². The van der Waals surface area contributed by atoms with Gasteiger partial charge in [-0.05, 0) is 24.1 Å². The zero-order chi connectivity index (χ0) is 9.68. The van der Waals surface area contributed by atoms with Gasteiger partial charge >= 0.3 is 0 Å². The molecule has 0 aliphatic carbocycles. The Hall–Kier alpha value is -1.00. The largest absolute Gasteiger partial charge is 0.504 e. The summed E-state index contributed by atoms with van der Waals surface area (Å²) in [7, 11) is 0. The van der Waals surface area contributed by atoms with Crippen LogP contribution in [0.1, 0.15) is 5.56 Å². The molecule has 0 saturated carbocycles. The minimum Gasteiger partial charge on any atom is -0.504 e. The third-order valence-electron chi connectivity index (χ3n) is 1.72. The fourth-order valence-electron chi connectivity index (χ4n) is 1.02. The van der Waals surface area contributed by atoms with Crippen LogP contribution in [-0.4, -0.2) is 23.6 Å². The maximum Gasteiger partial charge on any atom is 0.157 e. The van der Waals surface area contributed by atoms with Gasteiger partial charge in [0.1, 0.15) is 6.80 Å². The molecular formula is C9H13ClFNO2. The van der Waals surface area contributed by atoms with Crippen molar-refractivity contribution < 1.29 is 14.6 Å².